The minimum absolute atomic E-state index is 0. The average molecular weight is 613 g/mol. The number of para-hydroxylation sites is 5. The van der Waals surface area contributed by atoms with E-state index in [-0.39, 0.29) is 13.1 Å². The fraction of sp³-hybridized carbons (Fsp3) is 0.0741. The summed E-state index contributed by atoms with van der Waals surface area (Å²) in [5.74, 6) is -1.25. The van der Waals surface area contributed by atoms with E-state index < -0.39 is 29.0 Å². The SMILES string of the molecule is COc1ccccc1I.COc1ccccc1Nc1c(F)cccc1F.Nc1c(F)cccc1F.[CH3-]. The Kier molecular flexibility index (Phi) is 13.2. The molecule has 0 bridgehead atoms. The third kappa shape index (κ3) is 8.95. The Labute approximate surface area is 222 Å². The van der Waals surface area contributed by atoms with E-state index in [1.54, 1.807) is 31.4 Å². The summed E-state index contributed by atoms with van der Waals surface area (Å²) in [7, 11) is 3.18. The summed E-state index contributed by atoms with van der Waals surface area (Å²) in [6.45, 7) is 0. The topological polar surface area (TPSA) is 56.5 Å². The van der Waals surface area contributed by atoms with Crippen LogP contribution >= 0.6 is 22.6 Å². The van der Waals surface area contributed by atoms with Crippen molar-refractivity contribution in [2.45, 2.75) is 0 Å². The summed E-state index contributed by atoms with van der Waals surface area (Å²) in [5.41, 5.74) is 4.84. The Hall–Kier alpha value is -3.47. The molecule has 3 N–H and O–H groups in total. The maximum absolute atomic E-state index is 13.4. The van der Waals surface area contributed by atoms with Crippen LogP contribution in [0.4, 0.5) is 34.6 Å². The van der Waals surface area contributed by atoms with Gasteiger partial charge in [-0.25, -0.2) is 17.6 Å². The number of ether oxygens (including phenoxy) is 2. The van der Waals surface area contributed by atoms with E-state index in [9.17, 15) is 17.6 Å². The molecule has 4 aromatic rings. The highest BCUT2D eigenvalue weighted by Gasteiger charge is 2.10. The fourth-order valence-electron chi connectivity index (χ4n) is 2.62. The molecule has 0 spiro atoms. The van der Waals surface area contributed by atoms with Crippen LogP contribution in [-0.4, -0.2) is 14.2 Å². The van der Waals surface area contributed by atoms with Gasteiger partial charge in [-0.2, -0.15) is 0 Å². The minimum Gasteiger partial charge on any atom is -0.496 e. The van der Waals surface area contributed by atoms with Crippen molar-refractivity contribution in [1.29, 1.82) is 0 Å². The second-order valence-electron chi connectivity index (χ2n) is 6.69. The summed E-state index contributed by atoms with van der Waals surface area (Å²) < 4.78 is 62.6. The van der Waals surface area contributed by atoms with Crippen LogP contribution in [0.15, 0.2) is 84.9 Å². The highest BCUT2D eigenvalue weighted by Crippen LogP contribution is 2.29. The lowest BCUT2D eigenvalue weighted by Crippen LogP contribution is -1.99. The average Bonchev–Trinajstić information content (AvgIpc) is 2.86. The van der Waals surface area contributed by atoms with Crippen molar-refractivity contribution in [3.05, 3.63) is 119 Å². The zero-order chi connectivity index (χ0) is 25.8. The van der Waals surface area contributed by atoms with Crippen LogP contribution < -0.4 is 20.5 Å². The molecule has 9 heteroatoms. The number of anilines is 3. The molecule has 192 valence electrons. The van der Waals surface area contributed by atoms with Crippen LogP contribution in [0.3, 0.4) is 0 Å². The van der Waals surface area contributed by atoms with Gasteiger partial charge in [-0.1, -0.05) is 36.4 Å². The van der Waals surface area contributed by atoms with Crippen LogP contribution in [0.25, 0.3) is 0 Å². The molecule has 0 aromatic heterocycles. The molecule has 0 radical (unpaired) electrons. The van der Waals surface area contributed by atoms with Gasteiger partial charge in [0, 0.05) is 0 Å². The Bertz CT molecular complexity index is 1200. The van der Waals surface area contributed by atoms with E-state index in [1.165, 1.54) is 31.4 Å². The highest BCUT2D eigenvalue weighted by atomic mass is 127. The van der Waals surface area contributed by atoms with Gasteiger partial charge in [0.2, 0.25) is 0 Å². The molecule has 4 rings (SSSR count). The van der Waals surface area contributed by atoms with Crippen LogP contribution in [0, 0.1) is 34.3 Å². The van der Waals surface area contributed by atoms with Gasteiger partial charge in [0.05, 0.1) is 23.5 Å². The molecule has 36 heavy (non-hydrogen) atoms. The van der Waals surface area contributed by atoms with E-state index in [0.29, 0.717) is 11.4 Å². The molecule has 0 saturated heterocycles. The van der Waals surface area contributed by atoms with E-state index in [1.807, 2.05) is 24.3 Å². The molecule has 0 unspecified atom stereocenters. The predicted octanol–water partition coefficient (Wildman–Crippen LogP) is 8.01. The summed E-state index contributed by atoms with van der Waals surface area (Å²) in [4.78, 5) is 0. The number of rotatable bonds is 4. The van der Waals surface area contributed by atoms with Crippen molar-refractivity contribution >= 4 is 39.7 Å². The van der Waals surface area contributed by atoms with Gasteiger partial charge < -0.3 is 28.0 Å². The van der Waals surface area contributed by atoms with E-state index in [4.69, 9.17) is 15.2 Å². The van der Waals surface area contributed by atoms with Gasteiger partial charge in [-0.15, -0.1) is 0 Å². The van der Waals surface area contributed by atoms with Crippen molar-refractivity contribution in [1.82, 2.24) is 0 Å². The molecule has 0 aliphatic carbocycles. The molecule has 0 amide bonds. The molecule has 4 nitrogen and oxygen atoms in total. The monoisotopic (exact) mass is 613 g/mol. The maximum atomic E-state index is 13.4. The first-order chi connectivity index (χ1) is 16.8. The fourth-order valence-corrected chi connectivity index (χ4v) is 3.23. The van der Waals surface area contributed by atoms with Gasteiger partial charge in [0.15, 0.2) is 0 Å². The smallest absolute Gasteiger partial charge is 0.149 e. The first kappa shape index (κ1) is 30.6. The first-order valence-electron chi connectivity index (χ1n) is 10.1. The van der Waals surface area contributed by atoms with E-state index in [2.05, 4.69) is 27.9 Å². The van der Waals surface area contributed by atoms with E-state index in [0.717, 1.165) is 21.5 Å². The summed E-state index contributed by atoms with van der Waals surface area (Å²) >= 11 is 2.24. The van der Waals surface area contributed by atoms with Gasteiger partial charge in [0.1, 0.15) is 46.1 Å². The number of methoxy groups -OCH3 is 2. The Balaban J connectivity index is 0.000000291. The van der Waals surface area contributed by atoms with Gasteiger partial charge >= 0.3 is 0 Å². The lowest BCUT2D eigenvalue weighted by Gasteiger charge is -2.11. The van der Waals surface area contributed by atoms with Gasteiger partial charge in [0.25, 0.3) is 0 Å². The lowest BCUT2D eigenvalue weighted by atomic mass is 10.2. The number of halogens is 5. The van der Waals surface area contributed by atoms with Crippen LogP contribution in [0.5, 0.6) is 11.5 Å². The zero-order valence-corrected chi connectivity index (χ0v) is 22.0. The third-order valence-electron chi connectivity index (χ3n) is 4.39. The molecule has 0 atom stereocenters. The van der Waals surface area contributed by atoms with Gasteiger partial charge in [-0.3, -0.25) is 0 Å². The molecule has 0 aliphatic heterocycles. The number of nitrogens with two attached hydrogens (primary N) is 1. The molecule has 0 aliphatic rings. The number of benzene rings is 4. The number of nitrogen functional groups attached to an aromatic ring is 1. The third-order valence-corrected chi connectivity index (χ3v) is 5.28. The van der Waals surface area contributed by atoms with Crippen molar-refractivity contribution in [2.24, 2.45) is 0 Å². The van der Waals surface area contributed by atoms with Crippen molar-refractivity contribution in [3.63, 3.8) is 0 Å². The standard InChI is InChI=1S/C13H11F2NO.C7H7IO.C6H5F2N.CH3/c1-17-12-8-3-2-7-11(12)16-13-9(14)5-4-6-10(13)15;1-9-7-5-3-2-4-6(7)8;7-4-2-1-3-5(8)6(4)9;/h2-8,16H,1H3;2-5H,1H3;1-3H,9H2;1H3/q;;;-1. The second kappa shape index (κ2) is 15.5. The maximum Gasteiger partial charge on any atom is 0.149 e. The first-order valence-corrected chi connectivity index (χ1v) is 11.2. The molecule has 0 saturated carbocycles. The summed E-state index contributed by atoms with van der Waals surface area (Å²) in [6.07, 6.45) is 0. The highest BCUT2D eigenvalue weighted by molar-refractivity contribution is 14.1. The predicted molar refractivity (Wildman–Crippen MR) is 146 cm³/mol. The largest absolute Gasteiger partial charge is 0.496 e. The normalized spacial score (nSPS) is 9.42. The van der Waals surface area contributed by atoms with E-state index >= 15 is 0 Å². The van der Waals surface area contributed by atoms with Crippen LogP contribution in [0.1, 0.15) is 0 Å². The zero-order valence-electron chi connectivity index (χ0n) is 19.9. The molecular formula is C27H26F4IN2O2-. The van der Waals surface area contributed by atoms with Gasteiger partial charge in [-0.05, 0) is 71.1 Å². The molecular weight excluding hydrogens is 587 g/mol. The number of hydrogen-bond acceptors (Lipinski definition) is 4. The molecule has 0 fully saturated rings. The quantitative estimate of drug-likeness (QED) is 0.106. The molecule has 4 aromatic carbocycles. The Morgan fingerprint density at radius 3 is 1.53 bits per heavy atom. The molecule has 0 heterocycles. The Morgan fingerprint density at radius 2 is 1.08 bits per heavy atom. The Morgan fingerprint density at radius 1 is 0.639 bits per heavy atom. The van der Waals surface area contributed by atoms with Crippen LogP contribution in [0.2, 0.25) is 0 Å². The number of nitrogens with one attached hydrogen (secondary N) is 1. The van der Waals surface area contributed by atoms with Crippen molar-refractivity contribution in [3.8, 4) is 11.5 Å². The second-order valence-corrected chi connectivity index (χ2v) is 7.85. The van der Waals surface area contributed by atoms with Crippen molar-refractivity contribution < 1.29 is 27.0 Å². The summed E-state index contributed by atoms with van der Waals surface area (Å²) in [6, 6.07) is 22.0. The lowest BCUT2D eigenvalue weighted by molar-refractivity contribution is 0.412. The van der Waals surface area contributed by atoms with Crippen LogP contribution in [-0.2, 0) is 0 Å². The number of hydrogen-bond donors (Lipinski definition) is 2. The van der Waals surface area contributed by atoms with Crippen molar-refractivity contribution in [2.75, 3.05) is 25.3 Å². The summed E-state index contributed by atoms with van der Waals surface area (Å²) in [5, 5.41) is 2.68. The minimum atomic E-state index is -0.713.